The summed E-state index contributed by atoms with van der Waals surface area (Å²) in [6.45, 7) is -1.25. The molecule has 2 nitrogen and oxygen atoms in total. The summed E-state index contributed by atoms with van der Waals surface area (Å²) in [5.41, 5.74) is 0. The van der Waals surface area contributed by atoms with E-state index in [0.717, 1.165) is 4.90 Å². The predicted molar refractivity (Wildman–Crippen MR) is 36.4 cm³/mol. The zero-order chi connectivity index (χ0) is 8.27. The van der Waals surface area contributed by atoms with E-state index in [-0.39, 0.29) is 18.4 Å². The van der Waals surface area contributed by atoms with E-state index in [9.17, 15) is 13.6 Å². The summed E-state index contributed by atoms with van der Waals surface area (Å²) in [7, 11) is 0. The van der Waals surface area contributed by atoms with Gasteiger partial charge in [0.05, 0.1) is 6.67 Å². The third-order valence-corrected chi connectivity index (χ3v) is 2.02. The highest BCUT2D eigenvalue weighted by atomic mass is 19.1. The number of amides is 1. The van der Waals surface area contributed by atoms with Crippen molar-refractivity contribution >= 4 is 5.91 Å². The molecule has 64 valence electrons. The Balaban J connectivity index is 2.47. The van der Waals surface area contributed by atoms with Gasteiger partial charge in [0.1, 0.15) is 0 Å². The van der Waals surface area contributed by atoms with E-state index in [1.54, 1.807) is 0 Å². The first kappa shape index (κ1) is 8.43. The molecule has 1 fully saturated rings. The number of nitrogens with zero attached hydrogens (tertiary/aromatic N) is 1. The van der Waals surface area contributed by atoms with Gasteiger partial charge in [-0.3, -0.25) is 9.18 Å². The van der Waals surface area contributed by atoms with Gasteiger partial charge in [-0.25, -0.2) is 4.39 Å². The van der Waals surface area contributed by atoms with Crippen LogP contribution in [0.1, 0.15) is 19.3 Å². The number of hydrogen-bond acceptors (Lipinski definition) is 1. The fourth-order valence-corrected chi connectivity index (χ4v) is 1.38. The minimum absolute atomic E-state index is 0.189. The standard InChI is InChI=1S/C7H11F2NO/c8-4-3-6-1-2-7(11)10(6)5-9/h6H,1-5H2. The summed E-state index contributed by atoms with van der Waals surface area (Å²) in [6, 6.07) is -0.197. The van der Waals surface area contributed by atoms with Crippen LogP contribution in [0, 0.1) is 0 Å². The van der Waals surface area contributed by atoms with Crippen LogP contribution in [0.3, 0.4) is 0 Å². The second-order valence-electron chi connectivity index (χ2n) is 2.65. The lowest BCUT2D eigenvalue weighted by Crippen LogP contribution is -2.32. The van der Waals surface area contributed by atoms with Crippen molar-refractivity contribution in [3.8, 4) is 0 Å². The highest BCUT2D eigenvalue weighted by Gasteiger charge is 2.29. The van der Waals surface area contributed by atoms with Gasteiger partial charge in [0.2, 0.25) is 5.91 Å². The van der Waals surface area contributed by atoms with Crippen molar-refractivity contribution in [2.24, 2.45) is 0 Å². The largest absolute Gasteiger partial charge is 0.312 e. The Bertz CT molecular complexity index is 151. The second kappa shape index (κ2) is 3.64. The molecule has 0 aliphatic carbocycles. The number of rotatable bonds is 3. The minimum atomic E-state index is -0.774. The smallest absolute Gasteiger partial charge is 0.224 e. The van der Waals surface area contributed by atoms with Crippen molar-refractivity contribution in [3.63, 3.8) is 0 Å². The predicted octanol–water partition coefficient (Wildman–Crippen LogP) is 1.26. The third kappa shape index (κ3) is 1.67. The fraction of sp³-hybridized carbons (Fsp3) is 0.857. The molecule has 1 heterocycles. The maximum Gasteiger partial charge on any atom is 0.224 e. The average molecular weight is 163 g/mol. The van der Waals surface area contributed by atoms with Crippen LogP contribution in [0.25, 0.3) is 0 Å². The van der Waals surface area contributed by atoms with Gasteiger partial charge in [-0.05, 0) is 12.8 Å². The maximum atomic E-state index is 12.1. The van der Waals surface area contributed by atoms with Crippen LogP contribution in [0.15, 0.2) is 0 Å². The normalized spacial score (nSPS) is 24.7. The summed E-state index contributed by atoms with van der Waals surface area (Å²) in [5, 5.41) is 0. The molecule has 1 amide bonds. The first-order valence-electron chi connectivity index (χ1n) is 3.71. The summed E-state index contributed by atoms with van der Waals surface area (Å²) in [4.78, 5) is 12.0. The Morgan fingerprint density at radius 3 is 2.82 bits per heavy atom. The summed E-state index contributed by atoms with van der Waals surface area (Å²) < 4.78 is 23.9. The van der Waals surface area contributed by atoms with Crippen LogP contribution in [0.4, 0.5) is 8.78 Å². The van der Waals surface area contributed by atoms with Gasteiger partial charge in [-0.2, -0.15) is 0 Å². The Kier molecular flexibility index (Phi) is 2.79. The first-order valence-corrected chi connectivity index (χ1v) is 3.71. The van der Waals surface area contributed by atoms with Crippen molar-refractivity contribution in [2.75, 3.05) is 13.5 Å². The Morgan fingerprint density at radius 1 is 1.55 bits per heavy atom. The molecule has 0 aromatic carbocycles. The van der Waals surface area contributed by atoms with E-state index in [1.807, 2.05) is 0 Å². The van der Waals surface area contributed by atoms with Crippen LogP contribution >= 0.6 is 0 Å². The fourth-order valence-electron chi connectivity index (χ4n) is 1.38. The van der Waals surface area contributed by atoms with Gasteiger partial charge in [0, 0.05) is 12.5 Å². The molecule has 0 spiro atoms. The third-order valence-electron chi connectivity index (χ3n) is 2.02. The Hall–Kier alpha value is -0.670. The van der Waals surface area contributed by atoms with Crippen LogP contribution in [0.5, 0.6) is 0 Å². The van der Waals surface area contributed by atoms with Crippen molar-refractivity contribution in [2.45, 2.75) is 25.3 Å². The summed E-state index contributed by atoms with van der Waals surface area (Å²) in [5.74, 6) is -0.189. The number of alkyl halides is 2. The van der Waals surface area contributed by atoms with Crippen molar-refractivity contribution in [1.29, 1.82) is 0 Å². The molecule has 1 unspecified atom stereocenters. The molecule has 4 heteroatoms. The lowest BCUT2D eigenvalue weighted by Gasteiger charge is -2.19. The molecule has 1 rings (SSSR count). The van der Waals surface area contributed by atoms with E-state index in [1.165, 1.54) is 0 Å². The average Bonchev–Trinajstić information content (AvgIpc) is 2.33. The molecule has 0 aromatic rings. The van der Waals surface area contributed by atoms with Crippen LogP contribution < -0.4 is 0 Å². The number of carbonyl (C=O) groups excluding carboxylic acids is 1. The molecule has 1 saturated heterocycles. The number of halogens is 2. The van der Waals surface area contributed by atoms with Crippen LogP contribution in [-0.4, -0.2) is 30.3 Å². The molecule has 0 saturated carbocycles. The van der Waals surface area contributed by atoms with Gasteiger partial charge < -0.3 is 4.90 Å². The quantitative estimate of drug-likeness (QED) is 0.573. The van der Waals surface area contributed by atoms with Gasteiger partial charge in [-0.1, -0.05) is 0 Å². The van der Waals surface area contributed by atoms with Gasteiger partial charge in [0.15, 0.2) is 6.80 Å². The molecule has 1 aliphatic heterocycles. The zero-order valence-corrected chi connectivity index (χ0v) is 6.22. The minimum Gasteiger partial charge on any atom is -0.312 e. The maximum absolute atomic E-state index is 12.1. The van der Waals surface area contributed by atoms with E-state index in [2.05, 4.69) is 0 Å². The zero-order valence-electron chi connectivity index (χ0n) is 6.22. The molecular formula is C7H11F2NO. The molecule has 0 aromatic heterocycles. The lowest BCUT2D eigenvalue weighted by molar-refractivity contribution is -0.130. The molecule has 0 radical (unpaired) electrons. The molecule has 0 N–H and O–H groups in total. The van der Waals surface area contributed by atoms with Gasteiger partial charge in [-0.15, -0.1) is 0 Å². The Labute approximate surface area is 64.2 Å². The molecule has 1 atom stereocenters. The lowest BCUT2D eigenvalue weighted by atomic mass is 10.2. The SMILES string of the molecule is O=C1CCC(CCF)N1CF. The molecule has 1 aliphatic rings. The van der Waals surface area contributed by atoms with Crippen molar-refractivity contribution < 1.29 is 13.6 Å². The van der Waals surface area contributed by atoms with Gasteiger partial charge >= 0.3 is 0 Å². The first-order chi connectivity index (χ1) is 5.29. The monoisotopic (exact) mass is 163 g/mol. The van der Waals surface area contributed by atoms with E-state index < -0.39 is 13.5 Å². The number of likely N-dealkylation sites (tertiary alicyclic amines) is 1. The number of carbonyl (C=O) groups is 1. The topological polar surface area (TPSA) is 20.3 Å². The van der Waals surface area contributed by atoms with E-state index >= 15 is 0 Å². The van der Waals surface area contributed by atoms with Gasteiger partial charge in [0.25, 0.3) is 0 Å². The summed E-state index contributed by atoms with van der Waals surface area (Å²) >= 11 is 0. The van der Waals surface area contributed by atoms with Crippen LogP contribution in [-0.2, 0) is 4.79 Å². The summed E-state index contributed by atoms with van der Waals surface area (Å²) in [6.07, 6.45) is 1.25. The highest BCUT2D eigenvalue weighted by molar-refractivity contribution is 5.78. The van der Waals surface area contributed by atoms with E-state index in [0.29, 0.717) is 12.8 Å². The highest BCUT2D eigenvalue weighted by Crippen LogP contribution is 2.20. The Morgan fingerprint density at radius 2 is 2.27 bits per heavy atom. The molecule has 0 bridgehead atoms. The molecular weight excluding hydrogens is 152 g/mol. The van der Waals surface area contributed by atoms with Crippen LogP contribution in [0.2, 0.25) is 0 Å². The van der Waals surface area contributed by atoms with Crippen molar-refractivity contribution in [1.82, 2.24) is 4.90 Å². The number of hydrogen-bond donors (Lipinski definition) is 0. The molecule has 11 heavy (non-hydrogen) atoms. The van der Waals surface area contributed by atoms with E-state index in [4.69, 9.17) is 0 Å². The van der Waals surface area contributed by atoms with Crippen molar-refractivity contribution in [3.05, 3.63) is 0 Å². The second-order valence-corrected chi connectivity index (χ2v) is 2.65.